The molecule has 1 nitrogen and oxygen atoms in total. The second-order valence-corrected chi connectivity index (χ2v) is 1.81. The third-order valence-corrected chi connectivity index (χ3v) is 1.16. The average molecular weight is 186 g/mol. The van der Waals surface area contributed by atoms with Crippen LogP contribution in [-0.4, -0.2) is 23.1 Å². The third kappa shape index (κ3) is 3.64. The molecule has 0 aromatic heterocycles. The molecule has 12 heavy (non-hydrogen) atoms. The molecule has 0 aliphatic heterocycles. The molecule has 0 heterocycles. The van der Waals surface area contributed by atoms with Gasteiger partial charge >= 0.3 is 23.1 Å². The molecule has 0 aliphatic carbocycles. The smallest absolute Gasteiger partial charge is 1.00 e. The first-order chi connectivity index (χ1) is 4.86. The molecule has 0 N–H and O–H groups in total. The summed E-state index contributed by atoms with van der Waals surface area (Å²) < 4.78 is 0. The van der Waals surface area contributed by atoms with E-state index in [9.17, 15) is 0 Å². The molecule has 0 aliphatic rings. The maximum Gasteiger partial charge on any atom is 2.00 e. The van der Waals surface area contributed by atoms with E-state index in [1.807, 2.05) is 6.07 Å². The van der Waals surface area contributed by atoms with Gasteiger partial charge in [-0.3, -0.25) is 5.92 Å². The fraction of sp³-hybridized carbons (Fsp3) is 0. The van der Waals surface area contributed by atoms with Crippen molar-refractivity contribution < 1.29 is 12.4 Å². The van der Waals surface area contributed by atoms with Crippen molar-refractivity contribution in [3.63, 3.8) is 0 Å². The van der Waals surface area contributed by atoms with Crippen molar-refractivity contribution in [2.45, 2.75) is 0 Å². The molecule has 0 unspecified atom stereocenters. The molecular formula is C9H4ClMgN. The van der Waals surface area contributed by atoms with Gasteiger partial charge in [0.05, 0.1) is 6.07 Å². The molecule has 0 bridgehead atoms. The monoisotopic (exact) mass is 185 g/mol. The molecule has 0 spiro atoms. The summed E-state index contributed by atoms with van der Waals surface area (Å²) in [4.78, 5) is 0. The number of nitrogens with zero attached hydrogens (tertiary/aromatic N) is 1. The van der Waals surface area contributed by atoms with E-state index < -0.39 is 0 Å². The summed E-state index contributed by atoms with van der Waals surface area (Å²) in [5, 5.41) is 8.38. The third-order valence-electron chi connectivity index (χ3n) is 1.16. The van der Waals surface area contributed by atoms with Gasteiger partial charge in [0, 0.05) is 5.56 Å². The fourth-order valence-electron chi connectivity index (χ4n) is 0.628. The molecule has 0 fully saturated rings. The van der Waals surface area contributed by atoms with E-state index in [2.05, 4.69) is 5.92 Å². The van der Waals surface area contributed by atoms with Crippen LogP contribution in [0.5, 0.6) is 0 Å². The van der Waals surface area contributed by atoms with Gasteiger partial charge in [-0.2, -0.15) is 5.26 Å². The first-order valence-electron chi connectivity index (χ1n) is 2.79. The van der Waals surface area contributed by atoms with Gasteiger partial charge in [0.15, 0.2) is 0 Å². The number of hydrogen-bond donors (Lipinski definition) is 0. The maximum atomic E-state index is 8.38. The van der Waals surface area contributed by atoms with Crippen LogP contribution in [0.1, 0.15) is 11.1 Å². The Hall–Kier alpha value is -0.674. The van der Waals surface area contributed by atoms with Gasteiger partial charge in [0.25, 0.3) is 0 Å². The largest absolute Gasteiger partial charge is 2.00 e. The van der Waals surface area contributed by atoms with Crippen LogP contribution in [0.15, 0.2) is 24.3 Å². The predicted octanol–water partition coefficient (Wildman–Crippen LogP) is -1.88. The standard InChI is InChI=1S/C9H4N.ClH.Mg/c1-2-8-3-5-9(7-10)6-4-8;;/h3-6H;1H;/q-1;;+2/p-1. The Morgan fingerprint density at radius 2 is 1.50 bits per heavy atom. The fourth-order valence-corrected chi connectivity index (χ4v) is 0.628. The zero-order valence-electron chi connectivity index (χ0n) is 6.34. The molecule has 0 atom stereocenters. The van der Waals surface area contributed by atoms with Crippen LogP contribution < -0.4 is 12.4 Å². The Kier molecular flexibility index (Phi) is 8.10. The Labute approximate surface area is 94.3 Å². The summed E-state index contributed by atoms with van der Waals surface area (Å²) >= 11 is 0. The van der Waals surface area contributed by atoms with Gasteiger partial charge in [0.1, 0.15) is 0 Å². The van der Waals surface area contributed by atoms with Gasteiger partial charge in [0.2, 0.25) is 0 Å². The zero-order valence-corrected chi connectivity index (χ0v) is 8.51. The van der Waals surface area contributed by atoms with E-state index in [0.29, 0.717) is 11.1 Å². The normalized spacial score (nSPS) is 6.50. The van der Waals surface area contributed by atoms with Crippen molar-refractivity contribution >= 4 is 23.1 Å². The van der Waals surface area contributed by atoms with Gasteiger partial charge in [-0.15, -0.1) is 17.7 Å². The molecule has 0 radical (unpaired) electrons. The minimum atomic E-state index is 0. The zero-order chi connectivity index (χ0) is 7.40. The van der Waals surface area contributed by atoms with Crippen LogP contribution in [0, 0.1) is 23.7 Å². The molecular weight excluding hydrogens is 182 g/mol. The second-order valence-electron chi connectivity index (χ2n) is 1.81. The maximum absolute atomic E-state index is 8.38. The van der Waals surface area contributed by atoms with Crippen molar-refractivity contribution in [1.29, 1.82) is 5.26 Å². The minimum Gasteiger partial charge on any atom is -1.00 e. The van der Waals surface area contributed by atoms with Gasteiger partial charge in [-0.05, 0) is 0 Å². The van der Waals surface area contributed by atoms with Crippen molar-refractivity contribution in [2.24, 2.45) is 0 Å². The van der Waals surface area contributed by atoms with Crippen LogP contribution in [0.3, 0.4) is 0 Å². The van der Waals surface area contributed by atoms with Crippen LogP contribution >= 0.6 is 0 Å². The van der Waals surface area contributed by atoms with Crippen molar-refractivity contribution in [2.75, 3.05) is 0 Å². The van der Waals surface area contributed by atoms with Crippen LogP contribution in [0.25, 0.3) is 0 Å². The molecule has 0 saturated heterocycles. The first kappa shape index (κ1) is 13.9. The van der Waals surface area contributed by atoms with Crippen molar-refractivity contribution in [3.8, 4) is 12.0 Å². The van der Waals surface area contributed by atoms with E-state index in [1.165, 1.54) is 0 Å². The van der Waals surface area contributed by atoms with Gasteiger partial charge in [-0.1, -0.05) is 12.1 Å². The first-order valence-corrected chi connectivity index (χ1v) is 2.79. The molecule has 54 valence electrons. The molecule has 1 aromatic carbocycles. The minimum absolute atomic E-state index is 0. The molecule has 1 aromatic rings. The predicted molar refractivity (Wildman–Crippen MR) is 43.1 cm³/mol. The SMILES string of the molecule is [C-]#Cc1ccc(C#N)cc1.[Cl-].[Mg+2]. The Morgan fingerprint density at radius 1 is 1.08 bits per heavy atom. The average Bonchev–Trinajstić information content (AvgIpc) is 2.05. The van der Waals surface area contributed by atoms with Crippen LogP contribution in [0.4, 0.5) is 0 Å². The van der Waals surface area contributed by atoms with Crippen molar-refractivity contribution in [1.82, 2.24) is 0 Å². The molecule has 1 rings (SSSR count). The quantitative estimate of drug-likeness (QED) is 0.264. The van der Waals surface area contributed by atoms with Gasteiger partial charge in [-0.25, -0.2) is 0 Å². The van der Waals surface area contributed by atoms with Gasteiger partial charge < -0.3 is 18.8 Å². The number of halogens is 1. The Bertz CT molecular complexity index is 272. The summed E-state index contributed by atoms with van der Waals surface area (Å²) in [5.41, 5.74) is 1.30. The summed E-state index contributed by atoms with van der Waals surface area (Å²) in [6.45, 7) is 0. The summed E-state index contributed by atoms with van der Waals surface area (Å²) in [6.07, 6.45) is 6.74. The molecule has 0 saturated carbocycles. The van der Waals surface area contributed by atoms with E-state index >= 15 is 0 Å². The molecule has 0 amide bonds. The topological polar surface area (TPSA) is 23.8 Å². The van der Waals surface area contributed by atoms with Crippen LogP contribution in [-0.2, 0) is 0 Å². The van der Waals surface area contributed by atoms with E-state index in [-0.39, 0.29) is 35.5 Å². The van der Waals surface area contributed by atoms with Crippen molar-refractivity contribution in [3.05, 3.63) is 41.8 Å². The Balaban J connectivity index is 0. The molecule has 3 heteroatoms. The van der Waals surface area contributed by atoms with E-state index in [0.717, 1.165) is 0 Å². The number of nitriles is 1. The van der Waals surface area contributed by atoms with E-state index in [4.69, 9.17) is 11.7 Å². The number of benzene rings is 1. The Morgan fingerprint density at radius 3 is 1.83 bits per heavy atom. The van der Waals surface area contributed by atoms with Crippen LogP contribution in [0.2, 0.25) is 0 Å². The number of hydrogen-bond acceptors (Lipinski definition) is 1. The van der Waals surface area contributed by atoms with E-state index in [1.54, 1.807) is 24.3 Å². The summed E-state index contributed by atoms with van der Waals surface area (Å²) in [7, 11) is 0. The summed E-state index contributed by atoms with van der Waals surface area (Å²) in [5.74, 6) is 2.22. The summed E-state index contributed by atoms with van der Waals surface area (Å²) in [6, 6.07) is 8.69. The number of rotatable bonds is 0. The second kappa shape index (κ2) is 7.00.